The molecular weight excluding hydrogens is 706 g/mol. The highest BCUT2D eigenvalue weighted by atomic mass is 35.5. The highest BCUT2D eigenvalue weighted by molar-refractivity contribution is 7.15. The molecule has 0 radical (unpaired) electrons. The largest absolute Gasteiger partial charge is 0.379 e. The molecule has 4 rings (SSSR count). The van der Waals surface area contributed by atoms with Crippen LogP contribution in [0.2, 0.25) is 5.02 Å². The Morgan fingerprint density at radius 3 is 2.19 bits per heavy atom. The van der Waals surface area contributed by atoms with Crippen molar-refractivity contribution in [3.63, 3.8) is 0 Å². The van der Waals surface area contributed by atoms with E-state index in [4.69, 9.17) is 21.3 Å². The van der Waals surface area contributed by atoms with Crippen LogP contribution in [0, 0.1) is 20.8 Å². The van der Waals surface area contributed by atoms with Gasteiger partial charge in [0.25, 0.3) is 0 Å². The van der Waals surface area contributed by atoms with E-state index in [1.807, 2.05) is 42.8 Å². The quantitative estimate of drug-likeness (QED) is 0.127. The van der Waals surface area contributed by atoms with E-state index in [1.165, 1.54) is 11.8 Å². The maximum atomic E-state index is 13.1. The van der Waals surface area contributed by atoms with Crippen LogP contribution in [-0.4, -0.2) is 109 Å². The minimum atomic E-state index is -0.559. The topological polar surface area (TPSA) is 172 Å². The lowest BCUT2D eigenvalue weighted by atomic mass is 9.99. The van der Waals surface area contributed by atoms with Gasteiger partial charge in [0.1, 0.15) is 16.9 Å². The van der Waals surface area contributed by atoms with Crippen molar-refractivity contribution in [2.24, 2.45) is 4.99 Å². The van der Waals surface area contributed by atoms with Crippen molar-refractivity contribution in [3.8, 4) is 5.00 Å². The molecule has 4 N–H and O–H groups in total. The molecule has 1 aliphatic heterocycles. The summed E-state index contributed by atoms with van der Waals surface area (Å²) < 4.78 is 7.63. The molecule has 282 valence electrons. The number of carbonyl (C=O) groups excluding carboxylic acids is 4. The Kier molecular flexibility index (Phi) is 15.7. The third kappa shape index (κ3) is 11.9. The monoisotopic (exact) mass is 755 g/mol. The Bertz CT molecular complexity index is 1720. The molecule has 1 atom stereocenters. The van der Waals surface area contributed by atoms with Gasteiger partial charge in [0.15, 0.2) is 5.82 Å². The summed E-state index contributed by atoms with van der Waals surface area (Å²) in [5, 5.41) is 21.7. The van der Waals surface area contributed by atoms with Gasteiger partial charge in [-0.2, -0.15) is 0 Å². The molecule has 0 unspecified atom stereocenters. The third-order valence-electron chi connectivity index (χ3n) is 8.58. The number of nitrogens with zero attached hydrogens (tertiary/aromatic N) is 5. The molecule has 3 heterocycles. The minimum Gasteiger partial charge on any atom is -0.379 e. The summed E-state index contributed by atoms with van der Waals surface area (Å²) in [6.45, 7) is 11.4. The number of fused-ring (bicyclic) bond motifs is 3. The molecule has 0 aliphatic carbocycles. The minimum absolute atomic E-state index is 0.0807. The Morgan fingerprint density at radius 2 is 1.52 bits per heavy atom. The number of carbonyl (C=O) groups is 4. The van der Waals surface area contributed by atoms with E-state index >= 15 is 0 Å². The second-order valence-corrected chi connectivity index (χ2v) is 14.4. The zero-order valence-corrected chi connectivity index (χ0v) is 32.2. The predicted octanol–water partition coefficient (Wildman–Crippen LogP) is 3.18. The highest BCUT2D eigenvalue weighted by Gasteiger charge is 2.32. The molecule has 1 aromatic carbocycles. The second kappa shape index (κ2) is 20.2. The number of aliphatic imine (C=N–C) groups is 1. The SMILES string of the molecule is CC(=O)NCCC(=O)NCCCN(C)CCCNC(=O)CCOCCNC(=O)C[C@@H]1N=C(c2ccc(Cl)cc2)c2c(sc(C)c2C)-n2c(C)nnc21. The number of hydrogen-bond donors (Lipinski definition) is 4. The van der Waals surface area contributed by atoms with Crippen molar-refractivity contribution in [2.45, 2.75) is 65.8 Å². The van der Waals surface area contributed by atoms with E-state index in [1.54, 1.807) is 11.3 Å². The fourth-order valence-corrected chi connectivity index (χ4v) is 7.04. The summed E-state index contributed by atoms with van der Waals surface area (Å²) >= 11 is 7.86. The third-order valence-corrected chi connectivity index (χ3v) is 10.0. The van der Waals surface area contributed by atoms with Gasteiger partial charge in [-0.05, 0) is 71.4 Å². The van der Waals surface area contributed by atoms with Crippen LogP contribution < -0.4 is 21.3 Å². The summed E-state index contributed by atoms with van der Waals surface area (Å²) in [5.74, 6) is 0.839. The van der Waals surface area contributed by atoms with Crippen LogP contribution in [0.15, 0.2) is 29.3 Å². The highest BCUT2D eigenvalue weighted by Crippen LogP contribution is 2.39. The summed E-state index contributed by atoms with van der Waals surface area (Å²) in [6, 6.07) is 7.01. The van der Waals surface area contributed by atoms with E-state index in [-0.39, 0.29) is 56.1 Å². The molecule has 14 nitrogen and oxygen atoms in total. The van der Waals surface area contributed by atoms with Gasteiger partial charge in [-0.25, -0.2) is 0 Å². The van der Waals surface area contributed by atoms with Gasteiger partial charge < -0.3 is 30.9 Å². The van der Waals surface area contributed by atoms with Crippen LogP contribution in [0.5, 0.6) is 0 Å². The molecule has 0 saturated carbocycles. The van der Waals surface area contributed by atoms with E-state index in [0.29, 0.717) is 37.0 Å². The van der Waals surface area contributed by atoms with Gasteiger partial charge in [0.05, 0.1) is 25.3 Å². The van der Waals surface area contributed by atoms with Crippen molar-refractivity contribution in [2.75, 3.05) is 59.5 Å². The van der Waals surface area contributed by atoms with E-state index in [0.717, 1.165) is 59.2 Å². The van der Waals surface area contributed by atoms with Gasteiger partial charge in [-0.3, -0.25) is 28.7 Å². The Labute approximate surface area is 314 Å². The first-order valence-corrected chi connectivity index (χ1v) is 18.8. The molecule has 0 saturated heterocycles. The molecule has 16 heteroatoms. The number of ether oxygens (including phenoxy) is 1. The maximum Gasteiger partial charge on any atom is 0.222 e. The van der Waals surface area contributed by atoms with E-state index < -0.39 is 6.04 Å². The van der Waals surface area contributed by atoms with Crippen molar-refractivity contribution < 1.29 is 23.9 Å². The molecule has 0 fully saturated rings. The van der Waals surface area contributed by atoms with E-state index in [2.05, 4.69) is 50.2 Å². The van der Waals surface area contributed by atoms with Crippen molar-refractivity contribution in [1.29, 1.82) is 0 Å². The fourth-order valence-electron chi connectivity index (χ4n) is 5.70. The summed E-state index contributed by atoms with van der Waals surface area (Å²) in [6.07, 6.45) is 2.19. The number of aryl methyl sites for hydroxylation is 2. The Morgan fingerprint density at radius 1 is 0.865 bits per heavy atom. The first-order valence-electron chi connectivity index (χ1n) is 17.6. The lowest BCUT2D eigenvalue weighted by Crippen LogP contribution is -2.32. The normalized spacial score (nSPS) is 13.5. The molecule has 3 aromatic rings. The van der Waals surface area contributed by atoms with Gasteiger partial charge in [-0.15, -0.1) is 21.5 Å². The van der Waals surface area contributed by atoms with Crippen LogP contribution in [0.1, 0.15) is 78.3 Å². The fraction of sp³-hybridized carbons (Fsp3) is 0.528. The maximum absolute atomic E-state index is 13.1. The molecule has 4 amide bonds. The summed E-state index contributed by atoms with van der Waals surface area (Å²) in [5.41, 5.74) is 3.83. The Hall–Kier alpha value is -4.18. The first-order chi connectivity index (χ1) is 24.9. The van der Waals surface area contributed by atoms with Gasteiger partial charge >= 0.3 is 0 Å². The average molecular weight is 756 g/mol. The molecule has 0 bridgehead atoms. The number of amides is 4. The second-order valence-electron chi connectivity index (χ2n) is 12.8. The van der Waals surface area contributed by atoms with Crippen LogP contribution in [-0.2, 0) is 23.9 Å². The molecule has 2 aromatic heterocycles. The van der Waals surface area contributed by atoms with Crippen molar-refractivity contribution in [1.82, 2.24) is 40.9 Å². The predicted molar refractivity (Wildman–Crippen MR) is 202 cm³/mol. The van der Waals surface area contributed by atoms with E-state index in [9.17, 15) is 19.2 Å². The lowest BCUT2D eigenvalue weighted by molar-refractivity contribution is -0.123. The van der Waals surface area contributed by atoms with Crippen molar-refractivity contribution >= 4 is 52.3 Å². The summed E-state index contributed by atoms with van der Waals surface area (Å²) in [4.78, 5) is 56.5. The zero-order chi connectivity index (χ0) is 37.6. The van der Waals surface area contributed by atoms with Crippen molar-refractivity contribution in [3.05, 3.63) is 62.5 Å². The standard InChI is InChI=1S/C36H50ClN9O5S/c1-23-24(2)52-36-33(23)34(27-8-10-28(37)11-9-27)42-29(35-44-43-25(3)46(35)36)22-32(50)41-17-21-51-20-13-31(49)40-15-7-19-45(5)18-6-14-39-30(48)12-16-38-26(4)47/h8-11,29H,6-7,12-22H2,1-5H3,(H,38,47)(H,39,48)(H,40,49)(H,41,50)/t29-/m0/s1. The number of benzene rings is 1. The zero-order valence-electron chi connectivity index (χ0n) is 30.6. The average Bonchev–Trinajstić information content (AvgIpc) is 3.58. The van der Waals surface area contributed by atoms with Gasteiger partial charge in [-0.1, -0.05) is 23.7 Å². The Balaban J connectivity index is 1.14. The molecule has 1 aliphatic rings. The first kappa shape index (κ1) is 40.6. The van der Waals surface area contributed by atoms with Gasteiger partial charge in [0, 0.05) is 67.0 Å². The number of hydrogen-bond acceptors (Lipinski definition) is 10. The smallest absolute Gasteiger partial charge is 0.222 e. The van der Waals surface area contributed by atoms with Crippen LogP contribution in [0.3, 0.4) is 0 Å². The van der Waals surface area contributed by atoms with Gasteiger partial charge in [0.2, 0.25) is 23.6 Å². The molecule has 52 heavy (non-hydrogen) atoms. The number of nitrogens with one attached hydrogen (secondary N) is 4. The summed E-state index contributed by atoms with van der Waals surface area (Å²) in [7, 11) is 2.00. The number of aromatic nitrogens is 3. The number of thiophene rings is 1. The van der Waals surface area contributed by atoms with Crippen LogP contribution in [0.4, 0.5) is 0 Å². The van der Waals surface area contributed by atoms with Crippen LogP contribution >= 0.6 is 22.9 Å². The molecular formula is C36H50ClN9O5S. The van der Waals surface area contributed by atoms with Crippen LogP contribution in [0.25, 0.3) is 5.00 Å². The lowest BCUT2D eigenvalue weighted by Gasteiger charge is -2.16. The number of rotatable bonds is 20. The molecule has 0 spiro atoms. The number of halogens is 1.